The number of halogens is 1. The third kappa shape index (κ3) is 2.57. The SMILES string of the molecule is CSc1cc(=O)[nH]cc1C(=O)c1ccccc1Br. The minimum atomic E-state index is -0.206. The molecule has 1 heterocycles. The summed E-state index contributed by atoms with van der Waals surface area (Å²) in [5.74, 6) is -0.108. The van der Waals surface area contributed by atoms with Crippen LogP contribution >= 0.6 is 27.7 Å². The van der Waals surface area contributed by atoms with Crippen molar-refractivity contribution in [1.82, 2.24) is 4.98 Å². The molecule has 5 heteroatoms. The van der Waals surface area contributed by atoms with E-state index >= 15 is 0 Å². The van der Waals surface area contributed by atoms with E-state index in [9.17, 15) is 9.59 Å². The Bertz CT molecular complexity index is 651. The second-order valence-corrected chi connectivity index (χ2v) is 5.29. The van der Waals surface area contributed by atoms with E-state index in [1.165, 1.54) is 24.0 Å². The lowest BCUT2D eigenvalue weighted by Gasteiger charge is -2.07. The van der Waals surface area contributed by atoms with E-state index in [4.69, 9.17) is 0 Å². The quantitative estimate of drug-likeness (QED) is 0.697. The van der Waals surface area contributed by atoms with Gasteiger partial charge in [-0.25, -0.2) is 0 Å². The number of aromatic amines is 1. The average Bonchev–Trinajstić information content (AvgIpc) is 2.38. The van der Waals surface area contributed by atoms with Crippen molar-refractivity contribution in [3.8, 4) is 0 Å². The van der Waals surface area contributed by atoms with Crippen LogP contribution in [-0.2, 0) is 0 Å². The lowest BCUT2D eigenvalue weighted by Crippen LogP contribution is -2.10. The standard InChI is InChI=1S/C13H10BrNO2S/c1-18-11-6-12(16)15-7-9(11)13(17)8-4-2-3-5-10(8)14/h2-7H,1H3,(H,15,16). The molecular formula is C13H10BrNO2S. The van der Waals surface area contributed by atoms with Gasteiger partial charge in [-0.2, -0.15) is 0 Å². The third-order valence-electron chi connectivity index (χ3n) is 2.47. The van der Waals surface area contributed by atoms with Gasteiger partial charge in [-0.15, -0.1) is 11.8 Å². The van der Waals surface area contributed by atoms with E-state index in [1.54, 1.807) is 6.07 Å². The van der Waals surface area contributed by atoms with E-state index < -0.39 is 0 Å². The zero-order valence-corrected chi connectivity index (χ0v) is 12.0. The van der Waals surface area contributed by atoms with E-state index in [1.807, 2.05) is 24.5 Å². The predicted octanol–water partition coefficient (Wildman–Crippen LogP) is 3.09. The van der Waals surface area contributed by atoms with Gasteiger partial charge in [-0.3, -0.25) is 9.59 Å². The van der Waals surface area contributed by atoms with Gasteiger partial charge in [0.05, 0.1) is 5.56 Å². The molecule has 0 bridgehead atoms. The molecule has 18 heavy (non-hydrogen) atoms. The molecule has 1 N–H and O–H groups in total. The largest absolute Gasteiger partial charge is 0.328 e. The fraction of sp³-hybridized carbons (Fsp3) is 0.0769. The zero-order valence-electron chi connectivity index (χ0n) is 9.57. The zero-order chi connectivity index (χ0) is 13.1. The van der Waals surface area contributed by atoms with Gasteiger partial charge in [0.1, 0.15) is 0 Å². The number of ketones is 1. The second kappa shape index (κ2) is 5.54. The molecule has 0 amide bonds. The maximum absolute atomic E-state index is 12.4. The molecule has 1 aromatic carbocycles. The summed E-state index contributed by atoms with van der Waals surface area (Å²) in [4.78, 5) is 26.9. The molecule has 0 aliphatic carbocycles. The molecule has 0 aliphatic heterocycles. The Hall–Kier alpha value is -1.33. The molecule has 2 aromatic rings. The van der Waals surface area contributed by atoms with E-state index in [-0.39, 0.29) is 11.3 Å². The second-order valence-electron chi connectivity index (χ2n) is 3.59. The first-order valence-electron chi connectivity index (χ1n) is 5.19. The monoisotopic (exact) mass is 323 g/mol. The summed E-state index contributed by atoms with van der Waals surface area (Å²) >= 11 is 4.74. The molecule has 0 atom stereocenters. The van der Waals surface area contributed by atoms with E-state index in [0.717, 1.165) is 4.47 Å². The number of aromatic nitrogens is 1. The average molecular weight is 324 g/mol. The first kappa shape index (κ1) is 13.1. The minimum absolute atomic E-state index is 0.108. The minimum Gasteiger partial charge on any atom is -0.328 e. The molecular weight excluding hydrogens is 314 g/mol. The fourth-order valence-corrected chi connectivity index (χ4v) is 2.65. The van der Waals surface area contributed by atoms with Gasteiger partial charge < -0.3 is 4.98 Å². The van der Waals surface area contributed by atoms with Crippen LogP contribution in [0.2, 0.25) is 0 Å². The van der Waals surface area contributed by atoms with Gasteiger partial charge in [0, 0.05) is 27.2 Å². The Morgan fingerprint density at radius 2 is 2.00 bits per heavy atom. The van der Waals surface area contributed by atoms with Crippen LogP contribution in [0.25, 0.3) is 0 Å². The number of thioether (sulfide) groups is 1. The maximum atomic E-state index is 12.4. The van der Waals surface area contributed by atoms with Crippen LogP contribution in [0.3, 0.4) is 0 Å². The van der Waals surface area contributed by atoms with Crippen molar-refractivity contribution in [1.29, 1.82) is 0 Å². The van der Waals surface area contributed by atoms with Crippen molar-refractivity contribution in [3.05, 3.63) is 62.5 Å². The molecule has 0 radical (unpaired) electrons. The van der Waals surface area contributed by atoms with E-state index in [0.29, 0.717) is 16.0 Å². The molecule has 92 valence electrons. The third-order valence-corrected chi connectivity index (χ3v) is 3.94. The van der Waals surface area contributed by atoms with Crippen LogP contribution in [0.5, 0.6) is 0 Å². The number of nitrogens with one attached hydrogen (secondary N) is 1. The van der Waals surface area contributed by atoms with Crippen LogP contribution in [0.4, 0.5) is 0 Å². The first-order chi connectivity index (χ1) is 8.63. The number of rotatable bonds is 3. The molecule has 0 fully saturated rings. The summed E-state index contributed by atoms with van der Waals surface area (Å²) < 4.78 is 0.744. The van der Waals surface area contributed by atoms with Crippen LogP contribution in [0.1, 0.15) is 15.9 Å². The van der Waals surface area contributed by atoms with Crippen molar-refractivity contribution in [3.63, 3.8) is 0 Å². The summed E-state index contributed by atoms with van der Waals surface area (Å²) in [6.45, 7) is 0. The summed E-state index contributed by atoms with van der Waals surface area (Å²) in [6, 6.07) is 8.67. The molecule has 0 spiro atoms. The van der Waals surface area contributed by atoms with Crippen LogP contribution in [-0.4, -0.2) is 17.0 Å². The Morgan fingerprint density at radius 1 is 1.28 bits per heavy atom. The highest BCUT2D eigenvalue weighted by molar-refractivity contribution is 9.10. The van der Waals surface area contributed by atoms with Crippen LogP contribution < -0.4 is 5.56 Å². The van der Waals surface area contributed by atoms with E-state index in [2.05, 4.69) is 20.9 Å². The Morgan fingerprint density at radius 3 is 2.67 bits per heavy atom. The summed E-state index contributed by atoms with van der Waals surface area (Å²) in [5, 5.41) is 0. The molecule has 0 unspecified atom stereocenters. The fourth-order valence-electron chi connectivity index (χ4n) is 1.59. The highest BCUT2D eigenvalue weighted by Gasteiger charge is 2.16. The highest BCUT2D eigenvalue weighted by atomic mass is 79.9. The number of hydrogen-bond donors (Lipinski definition) is 1. The van der Waals surface area contributed by atoms with Crippen molar-refractivity contribution in [2.45, 2.75) is 4.90 Å². The van der Waals surface area contributed by atoms with Gasteiger partial charge in [0.15, 0.2) is 5.78 Å². The van der Waals surface area contributed by atoms with Gasteiger partial charge in [0.2, 0.25) is 5.56 Å². The van der Waals surface area contributed by atoms with Gasteiger partial charge in [-0.1, -0.05) is 28.1 Å². The number of hydrogen-bond acceptors (Lipinski definition) is 3. The highest BCUT2D eigenvalue weighted by Crippen LogP contribution is 2.24. The van der Waals surface area contributed by atoms with Crippen molar-refractivity contribution in [2.24, 2.45) is 0 Å². The van der Waals surface area contributed by atoms with Crippen molar-refractivity contribution in [2.75, 3.05) is 6.26 Å². The number of carbonyl (C=O) groups excluding carboxylic acids is 1. The number of carbonyl (C=O) groups is 1. The first-order valence-corrected chi connectivity index (χ1v) is 7.21. The number of pyridine rings is 1. The summed E-state index contributed by atoms with van der Waals surface area (Å²) in [7, 11) is 0. The Labute approximate surface area is 117 Å². The molecule has 1 aromatic heterocycles. The van der Waals surface area contributed by atoms with Crippen molar-refractivity contribution >= 4 is 33.5 Å². The predicted molar refractivity (Wildman–Crippen MR) is 76.4 cm³/mol. The Balaban J connectivity index is 2.53. The lowest BCUT2D eigenvalue weighted by atomic mass is 10.1. The molecule has 0 aliphatic rings. The molecule has 2 rings (SSSR count). The van der Waals surface area contributed by atoms with Gasteiger partial charge in [0.25, 0.3) is 0 Å². The Kier molecular flexibility index (Phi) is 4.04. The number of H-pyrrole nitrogens is 1. The maximum Gasteiger partial charge on any atom is 0.249 e. The normalized spacial score (nSPS) is 10.3. The molecule has 0 saturated carbocycles. The smallest absolute Gasteiger partial charge is 0.249 e. The summed E-state index contributed by atoms with van der Waals surface area (Å²) in [5.41, 5.74) is 0.886. The van der Waals surface area contributed by atoms with Crippen LogP contribution in [0, 0.1) is 0 Å². The number of benzene rings is 1. The van der Waals surface area contributed by atoms with Gasteiger partial charge in [-0.05, 0) is 18.4 Å². The van der Waals surface area contributed by atoms with Crippen molar-refractivity contribution < 1.29 is 4.79 Å². The van der Waals surface area contributed by atoms with Crippen LogP contribution in [0.15, 0.2) is 50.7 Å². The lowest BCUT2D eigenvalue weighted by molar-refractivity contribution is 0.103. The van der Waals surface area contributed by atoms with Gasteiger partial charge >= 0.3 is 0 Å². The molecule has 3 nitrogen and oxygen atoms in total. The molecule has 0 saturated heterocycles. The summed E-state index contributed by atoms with van der Waals surface area (Å²) in [6.07, 6.45) is 3.31. The topological polar surface area (TPSA) is 49.9 Å².